The maximum absolute atomic E-state index is 12.5. The van der Waals surface area contributed by atoms with Crippen LogP contribution in [0.1, 0.15) is 72.1 Å². The monoisotopic (exact) mass is 297 g/mol. The number of rotatable bonds is 4. The minimum absolute atomic E-state index is 0.175. The van der Waals surface area contributed by atoms with Gasteiger partial charge in [-0.1, -0.05) is 31.4 Å². The Balaban J connectivity index is 2.08. The van der Waals surface area contributed by atoms with Gasteiger partial charge in [0.25, 0.3) is 0 Å². The van der Waals surface area contributed by atoms with E-state index in [-0.39, 0.29) is 4.75 Å². The van der Waals surface area contributed by atoms with Gasteiger partial charge < -0.3 is 0 Å². The molecule has 0 radical (unpaired) electrons. The van der Waals surface area contributed by atoms with Crippen LogP contribution in [0.4, 0.5) is 0 Å². The lowest BCUT2D eigenvalue weighted by molar-refractivity contribution is 0.241. The van der Waals surface area contributed by atoms with Crippen molar-refractivity contribution < 1.29 is 4.21 Å². The zero-order valence-corrected chi connectivity index (χ0v) is 14.2. The van der Waals surface area contributed by atoms with Gasteiger partial charge in [-0.15, -0.1) is 0 Å². The fourth-order valence-electron chi connectivity index (χ4n) is 3.46. The summed E-state index contributed by atoms with van der Waals surface area (Å²) in [6.45, 7) is 6.18. The van der Waals surface area contributed by atoms with Crippen LogP contribution < -0.4 is 4.72 Å². The maximum Gasteiger partial charge on any atom is 0.0973 e. The molecule has 2 nitrogen and oxygen atoms in total. The molecule has 0 aromatic rings. The second-order valence-electron chi connectivity index (χ2n) is 7.45. The van der Waals surface area contributed by atoms with Crippen LogP contribution in [0.2, 0.25) is 0 Å². The number of hydrogen-bond donors (Lipinski definition) is 1. The first-order valence-electron chi connectivity index (χ1n) is 8.33. The van der Waals surface area contributed by atoms with E-state index in [1.54, 1.807) is 0 Å². The summed E-state index contributed by atoms with van der Waals surface area (Å²) in [4.78, 5) is 0. The predicted octanol–water partition coefficient (Wildman–Crippen LogP) is 4.34. The Labute approximate surface area is 127 Å². The van der Waals surface area contributed by atoms with Gasteiger partial charge in [0.15, 0.2) is 0 Å². The van der Waals surface area contributed by atoms with Crippen LogP contribution in [0.15, 0.2) is 12.2 Å². The molecule has 0 aromatic heterocycles. The van der Waals surface area contributed by atoms with Crippen molar-refractivity contribution in [3.63, 3.8) is 0 Å². The molecule has 116 valence electrons. The van der Waals surface area contributed by atoms with Crippen LogP contribution >= 0.6 is 0 Å². The van der Waals surface area contributed by atoms with E-state index in [1.807, 2.05) is 0 Å². The van der Waals surface area contributed by atoms with Crippen LogP contribution in [0.3, 0.4) is 0 Å². The van der Waals surface area contributed by atoms with Crippen LogP contribution in [-0.4, -0.2) is 15.0 Å². The van der Waals surface area contributed by atoms with E-state index < -0.39 is 11.0 Å². The van der Waals surface area contributed by atoms with Crippen LogP contribution in [-0.2, 0) is 11.0 Å². The molecule has 0 bridgehead atoms. The molecular formula is C17H31NOS. The van der Waals surface area contributed by atoms with E-state index >= 15 is 0 Å². The molecular weight excluding hydrogens is 266 g/mol. The highest BCUT2D eigenvalue weighted by Crippen LogP contribution is 2.34. The highest BCUT2D eigenvalue weighted by molar-refractivity contribution is 7.84. The highest BCUT2D eigenvalue weighted by atomic mass is 32.2. The zero-order valence-electron chi connectivity index (χ0n) is 13.4. The lowest BCUT2D eigenvalue weighted by Crippen LogP contribution is -2.47. The Morgan fingerprint density at radius 3 is 2.35 bits per heavy atom. The topological polar surface area (TPSA) is 29.1 Å². The molecule has 0 aromatic carbocycles. The van der Waals surface area contributed by atoms with Gasteiger partial charge in [-0.2, -0.15) is 0 Å². The minimum atomic E-state index is -0.955. The van der Waals surface area contributed by atoms with Crippen molar-refractivity contribution in [3.05, 3.63) is 12.2 Å². The smallest absolute Gasteiger partial charge is 0.0973 e. The Hall–Kier alpha value is -0.150. The van der Waals surface area contributed by atoms with Gasteiger partial charge in [0.05, 0.1) is 15.7 Å². The molecule has 1 unspecified atom stereocenters. The molecule has 3 heteroatoms. The van der Waals surface area contributed by atoms with E-state index in [4.69, 9.17) is 0 Å². The average Bonchev–Trinajstić information content (AvgIpc) is 2.45. The molecule has 2 aliphatic rings. The first-order chi connectivity index (χ1) is 9.48. The van der Waals surface area contributed by atoms with Gasteiger partial charge in [-0.3, -0.25) is 0 Å². The number of allylic oxidation sites excluding steroid dienone is 1. The quantitative estimate of drug-likeness (QED) is 0.768. The van der Waals surface area contributed by atoms with E-state index in [2.05, 4.69) is 37.6 Å². The maximum atomic E-state index is 12.5. The fraction of sp³-hybridized carbons (Fsp3) is 0.882. The Bertz CT molecular complexity index is 352. The van der Waals surface area contributed by atoms with Gasteiger partial charge in [0, 0.05) is 6.04 Å². The van der Waals surface area contributed by atoms with Gasteiger partial charge in [0.1, 0.15) is 0 Å². The van der Waals surface area contributed by atoms with Crippen LogP contribution in [0.25, 0.3) is 0 Å². The molecule has 3 atom stereocenters. The van der Waals surface area contributed by atoms with Gasteiger partial charge in [-0.25, -0.2) is 8.93 Å². The molecule has 1 saturated carbocycles. The Morgan fingerprint density at radius 1 is 1.10 bits per heavy atom. The first kappa shape index (κ1) is 16.2. The molecule has 2 rings (SSSR count). The first-order valence-corrected chi connectivity index (χ1v) is 9.48. The van der Waals surface area contributed by atoms with Crippen LogP contribution in [0.5, 0.6) is 0 Å². The zero-order chi connectivity index (χ0) is 14.6. The van der Waals surface area contributed by atoms with Crippen molar-refractivity contribution in [2.75, 3.05) is 0 Å². The summed E-state index contributed by atoms with van der Waals surface area (Å²) in [6.07, 6.45) is 15.2. The molecule has 1 N–H and O–H groups in total. The second kappa shape index (κ2) is 7.22. The summed E-state index contributed by atoms with van der Waals surface area (Å²) < 4.78 is 15.9. The van der Waals surface area contributed by atoms with Crippen molar-refractivity contribution >= 4 is 11.0 Å². The Morgan fingerprint density at radius 2 is 1.80 bits per heavy atom. The number of hydrogen-bond acceptors (Lipinski definition) is 1. The standard InChI is InChI=1S/C17H31NOS/c1-17(2,3)20(19)18-16(14-10-6-4-7-11-14)15-12-8-5-9-13-15/h6,10,14-16,18H,4-5,7-9,11-13H2,1-3H3/t14-,16+,20?/m1/s1. The third-order valence-corrected chi connectivity index (χ3v) is 6.31. The molecule has 1 fully saturated rings. The molecule has 0 aliphatic heterocycles. The van der Waals surface area contributed by atoms with E-state index in [0.717, 1.165) is 0 Å². The van der Waals surface area contributed by atoms with E-state index in [0.29, 0.717) is 17.9 Å². The molecule has 2 aliphatic carbocycles. The summed E-state index contributed by atoms with van der Waals surface area (Å²) >= 11 is 0. The third-order valence-electron chi connectivity index (χ3n) is 4.71. The van der Waals surface area contributed by atoms with Crippen molar-refractivity contribution in [2.24, 2.45) is 11.8 Å². The van der Waals surface area contributed by atoms with Crippen molar-refractivity contribution in [1.82, 2.24) is 4.72 Å². The molecule has 0 spiro atoms. The fourth-order valence-corrected chi connectivity index (χ4v) is 4.43. The van der Waals surface area contributed by atoms with E-state index in [1.165, 1.54) is 51.4 Å². The van der Waals surface area contributed by atoms with Gasteiger partial charge in [0.2, 0.25) is 0 Å². The minimum Gasteiger partial charge on any atom is -0.242 e. The third kappa shape index (κ3) is 4.42. The summed E-state index contributed by atoms with van der Waals surface area (Å²) in [6, 6.07) is 0.409. The lowest BCUT2D eigenvalue weighted by Gasteiger charge is -2.37. The molecule has 20 heavy (non-hydrogen) atoms. The SMILES string of the molecule is CC(C)(C)S(=O)N[C@H](C1CCCCC1)[C@@H]1C=CCCC1. The van der Waals surface area contributed by atoms with E-state index in [9.17, 15) is 4.21 Å². The number of nitrogens with one attached hydrogen (secondary N) is 1. The molecule has 0 saturated heterocycles. The normalized spacial score (nSPS) is 28.2. The van der Waals surface area contributed by atoms with Gasteiger partial charge in [-0.05, 0) is 64.7 Å². The average molecular weight is 298 g/mol. The molecule has 0 amide bonds. The second-order valence-corrected chi connectivity index (χ2v) is 9.44. The van der Waals surface area contributed by atoms with Crippen molar-refractivity contribution in [3.8, 4) is 0 Å². The molecule has 0 heterocycles. The van der Waals surface area contributed by atoms with Crippen molar-refractivity contribution in [2.45, 2.75) is 82.9 Å². The van der Waals surface area contributed by atoms with Gasteiger partial charge >= 0.3 is 0 Å². The summed E-state index contributed by atoms with van der Waals surface area (Å²) in [5, 5.41) is 0. The Kier molecular flexibility index (Phi) is 5.85. The highest BCUT2D eigenvalue weighted by Gasteiger charge is 2.33. The lowest BCUT2D eigenvalue weighted by atomic mass is 9.76. The van der Waals surface area contributed by atoms with Crippen LogP contribution in [0, 0.1) is 11.8 Å². The summed E-state index contributed by atoms with van der Waals surface area (Å²) in [5.74, 6) is 1.29. The summed E-state index contributed by atoms with van der Waals surface area (Å²) in [5.41, 5.74) is 0. The predicted molar refractivity (Wildman–Crippen MR) is 87.9 cm³/mol. The summed E-state index contributed by atoms with van der Waals surface area (Å²) in [7, 11) is -0.955. The van der Waals surface area contributed by atoms with Crippen molar-refractivity contribution in [1.29, 1.82) is 0 Å². The largest absolute Gasteiger partial charge is 0.242 e.